The summed E-state index contributed by atoms with van der Waals surface area (Å²) in [5.74, 6) is 7.81. The van der Waals surface area contributed by atoms with Crippen LogP contribution in [0.5, 0.6) is 0 Å². The van der Waals surface area contributed by atoms with Crippen LogP contribution in [0.1, 0.15) is 24.0 Å². The van der Waals surface area contributed by atoms with Crippen molar-refractivity contribution in [3.63, 3.8) is 0 Å². The SMILES string of the molecule is CN(Cc1ccc(C#CCCO)cc1F)C1CCSC1. The highest BCUT2D eigenvalue weighted by atomic mass is 32.2. The third-order valence-corrected chi connectivity index (χ3v) is 4.62. The van der Waals surface area contributed by atoms with Crippen LogP contribution in [0.2, 0.25) is 0 Å². The largest absolute Gasteiger partial charge is 0.395 e. The summed E-state index contributed by atoms with van der Waals surface area (Å²) in [7, 11) is 2.06. The number of nitrogens with zero attached hydrogens (tertiary/aromatic N) is 1. The molecule has 1 unspecified atom stereocenters. The molecule has 0 amide bonds. The molecule has 0 saturated carbocycles. The molecule has 1 heterocycles. The zero-order chi connectivity index (χ0) is 14.4. The molecule has 1 N–H and O–H groups in total. The second kappa shape index (κ2) is 7.68. The van der Waals surface area contributed by atoms with E-state index in [-0.39, 0.29) is 12.4 Å². The first-order valence-electron chi connectivity index (χ1n) is 6.87. The minimum atomic E-state index is -0.196. The monoisotopic (exact) mass is 293 g/mol. The summed E-state index contributed by atoms with van der Waals surface area (Å²) in [6.07, 6.45) is 1.61. The summed E-state index contributed by atoms with van der Waals surface area (Å²) >= 11 is 1.96. The molecule has 0 spiro atoms. The highest BCUT2D eigenvalue weighted by Gasteiger charge is 2.20. The van der Waals surface area contributed by atoms with E-state index in [9.17, 15) is 4.39 Å². The van der Waals surface area contributed by atoms with Crippen molar-refractivity contribution in [2.75, 3.05) is 25.2 Å². The quantitative estimate of drug-likeness (QED) is 0.863. The Labute approximate surface area is 124 Å². The summed E-state index contributed by atoms with van der Waals surface area (Å²) in [5.41, 5.74) is 1.39. The van der Waals surface area contributed by atoms with Crippen LogP contribution in [0.15, 0.2) is 18.2 Å². The first-order valence-corrected chi connectivity index (χ1v) is 8.02. The Bertz CT molecular complexity index is 503. The fourth-order valence-electron chi connectivity index (χ4n) is 2.24. The molecule has 1 aromatic carbocycles. The Kier molecular flexibility index (Phi) is 5.90. The standard InChI is InChI=1S/C16H20FNOS/c1-18(15-7-9-20-12-15)11-14-6-5-13(10-16(14)17)4-2-3-8-19/h5-6,10,15,19H,3,7-9,11-12H2,1H3. The van der Waals surface area contributed by atoms with E-state index in [0.29, 0.717) is 24.6 Å². The lowest BCUT2D eigenvalue weighted by molar-refractivity contribution is 0.251. The fraction of sp³-hybridized carbons (Fsp3) is 0.500. The van der Waals surface area contributed by atoms with Crippen LogP contribution in [0.4, 0.5) is 4.39 Å². The molecule has 1 aromatic rings. The normalized spacial score (nSPS) is 18.1. The molecule has 1 saturated heterocycles. The van der Waals surface area contributed by atoms with Gasteiger partial charge in [0.1, 0.15) is 5.82 Å². The molecule has 0 aromatic heterocycles. The van der Waals surface area contributed by atoms with Crippen molar-refractivity contribution >= 4 is 11.8 Å². The highest BCUT2D eigenvalue weighted by Crippen LogP contribution is 2.23. The van der Waals surface area contributed by atoms with E-state index >= 15 is 0 Å². The highest BCUT2D eigenvalue weighted by molar-refractivity contribution is 7.99. The summed E-state index contributed by atoms with van der Waals surface area (Å²) in [4.78, 5) is 2.23. The number of benzene rings is 1. The number of hydrogen-bond acceptors (Lipinski definition) is 3. The van der Waals surface area contributed by atoms with Crippen LogP contribution in [0.3, 0.4) is 0 Å². The van der Waals surface area contributed by atoms with E-state index in [4.69, 9.17) is 5.11 Å². The van der Waals surface area contributed by atoms with Gasteiger partial charge < -0.3 is 5.11 Å². The third-order valence-electron chi connectivity index (χ3n) is 3.47. The van der Waals surface area contributed by atoms with Gasteiger partial charge in [-0.3, -0.25) is 4.90 Å². The maximum Gasteiger partial charge on any atom is 0.128 e. The number of aliphatic hydroxyl groups excluding tert-OH is 1. The van der Waals surface area contributed by atoms with Gasteiger partial charge in [0.05, 0.1) is 6.61 Å². The Balaban J connectivity index is 2.00. The first kappa shape index (κ1) is 15.4. The molecule has 0 bridgehead atoms. The molecule has 1 atom stereocenters. The van der Waals surface area contributed by atoms with Crippen molar-refractivity contribution in [2.45, 2.75) is 25.4 Å². The second-order valence-corrected chi connectivity index (χ2v) is 6.16. The van der Waals surface area contributed by atoms with Gasteiger partial charge in [-0.2, -0.15) is 11.8 Å². The van der Waals surface area contributed by atoms with Gasteiger partial charge in [0.15, 0.2) is 0 Å². The number of thioether (sulfide) groups is 1. The second-order valence-electron chi connectivity index (χ2n) is 5.01. The van der Waals surface area contributed by atoms with Gasteiger partial charge in [-0.1, -0.05) is 17.9 Å². The molecule has 1 aliphatic heterocycles. The van der Waals surface area contributed by atoms with Gasteiger partial charge in [-0.05, 0) is 31.4 Å². The molecule has 1 aliphatic rings. The van der Waals surface area contributed by atoms with Gasteiger partial charge in [-0.25, -0.2) is 4.39 Å². The lowest BCUT2D eigenvalue weighted by Crippen LogP contribution is -2.31. The molecular weight excluding hydrogens is 273 g/mol. The number of hydrogen-bond donors (Lipinski definition) is 1. The van der Waals surface area contributed by atoms with Gasteiger partial charge in [-0.15, -0.1) is 0 Å². The van der Waals surface area contributed by atoms with Crippen molar-refractivity contribution in [3.8, 4) is 11.8 Å². The molecule has 1 fully saturated rings. The average Bonchev–Trinajstić information content (AvgIpc) is 2.96. The van der Waals surface area contributed by atoms with Gasteiger partial charge in [0.2, 0.25) is 0 Å². The van der Waals surface area contributed by atoms with Crippen molar-refractivity contribution in [1.82, 2.24) is 4.90 Å². The van der Waals surface area contributed by atoms with Crippen LogP contribution in [-0.2, 0) is 6.54 Å². The van der Waals surface area contributed by atoms with E-state index in [1.165, 1.54) is 18.2 Å². The molecule has 108 valence electrons. The molecule has 0 radical (unpaired) electrons. The van der Waals surface area contributed by atoms with Crippen molar-refractivity contribution in [2.24, 2.45) is 0 Å². The predicted molar refractivity (Wildman–Crippen MR) is 82.2 cm³/mol. The van der Waals surface area contributed by atoms with Crippen LogP contribution in [-0.4, -0.2) is 41.2 Å². The van der Waals surface area contributed by atoms with Crippen LogP contribution >= 0.6 is 11.8 Å². The first-order chi connectivity index (χ1) is 9.70. The Morgan fingerprint density at radius 1 is 1.50 bits per heavy atom. The van der Waals surface area contributed by atoms with Gasteiger partial charge in [0, 0.05) is 35.9 Å². The molecule has 20 heavy (non-hydrogen) atoms. The molecule has 0 aliphatic carbocycles. The van der Waals surface area contributed by atoms with Crippen molar-refractivity contribution < 1.29 is 9.50 Å². The number of halogens is 1. The lowest BCUT2D eigenvalue weighted by atomic mass is 10.1. The smallest absolute Gasteiger partial charge is 0.128 e. The van der Waals surface area contributed by atoms with E-state index in [1.807, 2.05) is 23.9 Å². The van der Waals surface area contributed by atoms with E-state index in [0.717, 1.165) is 11.3 Å². The van der Waals surface area contributed by atoms with E-state index in [2.05, 4.69) is 23.8 Å². The summed E-state index contributed by atoms with van der Waals surface area (Å²) < 4.78 is 14.1. The van der Waals surface area contributed by atoms with E-state index < -0.39 is 0 Å². The summed E-state index contributed by atoms with van der Waals surface area (Å²) in [6.45, 7) is 0.680. The number of aliphatic hydroxyl groups is 1. The Morgan fingerprint density at radius 3 is 3.00 bits per heavy atom. The third kappa shape index (κ3) is 4.24. The molecule has 4 heteroatoms. The average molecular weight is 293 g/mol. The maximum atomic E-state index is 14.1. The van der Waals surface area contributed by atoms with Crippen LogP contribution in [0, 0.1) is 17.7 Å². The minimum absolute atomic E-state index is 0.0394. The fourth-order valence-corrected chi connectivity index (χ4v) is 3.54. The molecular formula is C16H20FNOS. The van der Waals surface area contributed by atoms with Gasteiger partial charge >= 0.3 is 0 Å². The summed E-state index contributed by atoms with van der Waals surface area (Å²) in [5, 5.41) is 8.66. The Morgan fingerprint density at radius 2 is 2.35 bits per heavy atom. The zero-order valence-electron chi connectivity index (χ0n) is 11.7. The molecule has 2 nitrogen and oxygen atoms in total. The zero-order valence-corrected chi connectivity index (χ0v) is 12.5. The van der Waals surface area contributed by atoms with Gasteiger partial charge in [0.25, 0.3) is 0 Å². The van der Waals surface area contributed by atoms with Crippen LogP contribution < -0.4 is 0 Å². The van der Waals surface area contributed by atoms with E-state index in [1.54, 1.807) is 0 Å². The number of rotatable bonds is 4. The lowest BCUT2D eigenvalue weighted by Gasteiger charge is -2.23. The maximum absolute atomic E-state index is 14.1. The molecule has 2 rings (SSSR count). The Hall–Kier alpha value is -1.02. The topological polar surface area (TPSA) is 23.5 Å². The predicted octanol–water partition coefficient (Wildman–Crippen LogP) is 2.50. The summed E-state index contributed by atoms with van der Waals surface area (Å²) in [6, 6.07) is 5.71. The minimum Gasteiger partial charge on any atom is -0.395 e. The van der Waals surface area contributed by atoms with Crippen molar-refractivity contribution in [1.29, 1.82) is 0 Å². The van der Waals surface area contributed by atoms with Crippen LogP contribution in [0.25, 0.3) is 0 Å². The van der Waals surface area contributed by atoms with Crippen molar-refractivity contribution in [3.05, 3.63) is 35.1 Å².